The highest BCUT2D eigenvalue weighted by Crippen LogP contribution is 2.29. The zero-order valence-electron chi connectivity index (χ0n) is 12.0. The number of unbranched alkanes of at least 4 members (excludes halogenated alkanes) is 3. The van der Waals surface area contributed by atoms with E-state index in [1.54, 1.807) is 0 Å². The van der Waals surface area contributed by atoms with Crippen LogP contribution in [0.25, 0.3) is 0 Å². The van der Waals surface area contributed by atoms with E-state index in [-0.39, 0.29) is 5.73 Å². The Hall–Kier alpha value is -0.513. The molecule has 4 heteroatoms. The van der Waals surface area contributed by atoms with Crippen molar-refractivity contribution in [3.63, 3.8) is 0 Å². The molecule has 0 aromatic carbocycles. The van der Waals surface area contributed by atoms with Crippen LogP contribution < -0.4 is 0 Å². The van der Waals surface area contributed by atoms with E-state index in [9.17, 15) is 4.79 Å². The number of carbonyl (C=O) groups is 1. The quantitative estimate of drug-likeness (QED) is 0.391. The summed E-state index contributed by atoms with van der Waals surface area (Å²) in [6.07, 6.45) is 4.46. The van der Waals surface area contributed by atoms with Crippen LogP contribution in [-0.2, 0) is 4.74 Å². The Morgan fingerprint density at radius 1 is 1.24 bits per heavy atom. The fourth-order valence-corrected chi connectivity index (χ4v) is 3.93. The van der Waals surface area contributed by atoms with Crippen LogP contribution in [0.5, 0.6) is 0 Å². The molecule has 0 spiro atoms. The van der Waals surface area contributed by atoms with Gasteiger partial charge in [0.2, 0.25) is 0 Å². The lowest BCUT2D eigenvalue weighted by Crippen LogP contribution is -2.46. The molecule has 0 aromatic rings. The van der Waals surface area contributed by atoms with Gasteiger partial charge in [-0.1, -0.05) is 59.5 Å². The Bertz CT molecular complexity index is 227. The third-order valence-corrected chi connectivity index (χ3v) is 8.92. The summed E-state index contributed by atoms with van der Waals surface area (Å²) in [7, 11) is -1.64. The first-order valence-corrected chi connectivity index (χ1v) is 9.87. The minimum Gasteiger partial charge on any atom is -0.450 e. The van der Waals surface area contributed by atoms with Crippen molar-refractivity contribution in [1.82, 2.24) is 0 Å². The van der Waals surface area contributed by atoms with E-state index in [4.69, 9.17) is 9.84 Å². The van der Waals surface area contributed by atoms with Gasteiger partial charge in [-0.25, -0.2) is 4.79 Å². The van der Waals surface area contributed by atoms with E-state index in [1.165, 1.54) is 19.3 Å². The maximum absolute atomic E-state index is 10.8. The lowest BCUT2D eigenvalue weighted by Gasteiger charge is -2.34. The van der Waals surface area contributed by atoms with Gasteiger partial charge in [-0.3, -0.25) is 0 Å². The first kappa shape index (κ1) is 16.5. The summed E-state index contributed by atoms with van der Waals surface area (Å²) in [6, 6.07) is 0. The predicted molar refractivity (Wildman–Crippen MR) is 74.2 cm³/mol. The van der Waals surface area contributed by atoms with E-state index < -0.39 is 14.2 Å². The zero-order valence-corrected chi connectivity index (χ0v) is 13.0. The maximum atomic E-state index is 10.8. The molecule has 1 N–H and O–H groups in total. The standard InChI is InChI=1S/C13H28O3Si/c1-6-7-8-9-10-12(16-13(14)15)17(4,5)11(2)3/h11-12H,6-10H2,1-5H3,(H,14,15). The van der Waals surface area contributed by atoms with Crippen molar-refractivity contribution in [2.24, 2.45) is 0 Å². The number of carboxylic acid groups (broad SMARTS) is 1. The van der Waals surface area contributed by atoms with Crippen LogP contribution in [0.2, 0.25) is 18.6 Å². The Balaban J connectivity index is 4.37. The topological polar surface area (TPSA) is 46.5 Å². The summed E-state index contributed by atoms with van der Waals surface area (Å²) in [5, 5.41) is 8.83. The van der Waals surface area contributed by atoms with Crippen molar-refractivity contribution >= 4 is 14.2 Å². The Labute approximate surface area is 107 Å². The van der Waals surface area contributed by atoms with Gasteiger partial charge in [0.1, 0.15) is 0 Å². The molecular weight excluding hydrogens is 232 g/mol. The van der Waals surface area contributed by atoms with Gasteiger partial charge in [0, 0.05) is 0 Å². The van der Waals surface area contributed by atoms with Crippen molar-refractivity contribution in [3.8, 4) is 0 Å². The van der Waals surface area contributed by atoms with E-state index in [1.807, 2.05) is 0 Å². The summed E-state index contributed by atoms with van der Waals surface area (Å²) in [4.78, 5) is 10.8. The van der Waals surface area contributed by atoms with Gasteiger partial charge < -0.3 is 9.84 Å². The lowest BCUT2D eigenvalue weighted by atomic mass is 10.2. The van der Waals surface area contributed by atoms with Crippen molar-refractivity contribution in [1.29, 1.82) is 0 Å². The van der Waals surface area contributed by atoms with Crippen LogP contribution >= 0.6 is 0 Å². The second kappa shape index (κ2) is 7.74. The van der Waals surface area contributed by atoms with Gasteiger partial charge in [-0.2, -0.15) is 0 Å². The van der Waals surface area contributed by atoms with Gasteiger partial charge in [0.25, 0.3) is 0 Å². The molecule has 0 radical (unpaired) electrons. The van der Waals surface area contributed by atoms with Crippen molar-refractivity contribution in [3.05, 3.63) is 0 Å². The summed E-state index contributed by atoms with van der Waals surface area (Å²) in [5.74, 6) is 0. The molecule has 0 rings (SSSR count). The molecule has 0 aliphatic heterocycles. The van der Waals surface area contributed by atoms with Crippen molar-refractivity contribution in [2.45, 2.75) is 77.2 Å². The molecular formula is C13H28O3Si. The molecule has 0 amide bonds. The molecule has 17 heavy (non-hydrogen) atoms. The Morgan fingerprint density at radius 2 is 1.82 bits per heavy atom. The van der Waals surface area contributed by atoms with Crippen LogP contribution in [-0.4, -0.2) is 25.1 Å². The third-order valence-electron chi connectivity index (χ3n) is 3.88. The van der Waals surface area contributed by atoms with Crippen LogP contribution in [0.4, 0.5) is 4.79 Å². The zero-order chi connectivity index (χ0) is 13.5. The molecule has 1 atom stereocenters. The highest BCUT2D eigenvalue weighted by molar-refractivity contribution is 6.79. The Morgan fingerprint density at radius 3 is 2.24 bits per heavy atom. The van der Waals surface area contributed by atoms with Gasteiger partial charge >= 0.3 is 6.16 Å². The molecule has 0 saturated heterocycles. The average molecular weight is 260 g/mol. The number of rotatable bonds is 8. The minimum absolute atomic E-state index is 0.0585. The third kappa shape index (κ3) is 6.10. The minimum atomic E-state index is -1.64. The van der Waals surface area contributed by atoms with E-state index in [0.29, 0.717) is 5.54 Å². The SMILES string of the molecule is CCCCCCC(OC(=O)O)[Si](C)(C)C(C)C. The van der Waals surface area contributed by atoms with Crippen LogP contribution in [0, 0.1) is 0 Å². The molecule has 0 fully saturated rings. The molecule has 3 nitrogen and oxygen atoms in total. The second-order valence-electron chi connectivity index (χ2n) is 5.70. The second-order valence-corrected chi connectivity index (χ2v) is 11.1. The summed E-state index contributed by atoms with van der Waals surface area (Å²) in [6.45, 7) is 11.0. The Kier molecular flexibility index (Phi) is 7.51. The smallest absolute Gasteiger partial charge is 0.450 e. The fourth-order valence-electron chi connectivity index (χ4n) is 1.83. The predicted octanol–water partition coefficient (Wildman–Crippen LogP) is 4.68. The molecule has 1 unspecified atom stereocenters. The number of hydrogen-bond acceptors (Lipinski definition) is 2. The summed E-state index contributed by atoms with van der Waals surface area (Å²) in [5.41, 5.74) is 0.481. The monoisotopic (exact) mass is 260 g/mol. The highest BCUT2D eigenvalue weighted by atomic mass is 28.3. The number of hydrogen-bond donors (Lipinski definition) is 1. The van der Waals surface area contributed by atoms with E-state index in [2.05, 4.69) is 33.9 Å². The molecule has 0 bridgehead atoms. The summed E-state index contributed by atoms with van der Waals surface area (Å²) < 4.78 is 5.14. The molecule has 0 aliphatic carbocycles. The van der Waals surface area contributed by atoms with Gasteiger partial charge in [0.15, 0.2) is 0 Å². The normalized spacial score (nSPS) is 13.8. The first-order chi connectivity index (χ1) is 7.82. The molecule has 0 aromatic heterocycles. The molecule has 0 aliphatic rings. The summed E-state index contributed by atoms with van der Waals surface area (Å²) >= 11 is 0. The van der Waals surface area contributed by atoms with Crippen LogP contribution in [0.3, 0.4) is 0 Å². The highest BCUT2D eigenvalue weighted by Gasteiger charge is 2.37. The molecule has 0 heterocycles. The van der Waals surface area contributed by atoms with Crippen LogP contribution in [0.1, 0.15) is 52.9 Å². The van der Waals surface area contributed by atoms with Crippen molar-refractivity contribution in [2.75, 3.05) is 0 Å². The van der Waals surface area contributed by atoms with Gasteiger partial charge in [-0.05, 0) is 12.0 Å². The number of ether oxygens (including phenoxy) is 1. The maximum Gasteiger partial charge on any atom is 0.505 e. The van der Waals surface area contributed by atoms with Gasteiger partial charge in [-0.15, -0.1) is 0 Å². The molecule has 102 valence electrons. The fraction of sp³-hybridized carbons (Fsp3) is 0.923. The van der Waals surface area contributed by atoms with E-state index in [0.717, 1.165) is 12.8 Å². The van der Waals surface area contributed by atoms with Crippen LogP contribution in [0.15, 0.2) is 0 Å². The van der Waals surface area contributed by atoms with E-state index >= 15 is 0 Å². The first-order valence-electron chi connectivity index (χ1n) is 6.71. The van der Waals surface area contributed by atoms with Gasteiger partial charge in [0.05, 0.1) is 13.8 Å². The lowest BCUT2D eigenvalue weighted by molar-refractivity contribution is 0.0719. The average Bonchev–Trinajstić information content (AvgIpc) is 2.21. The van der Waals surface area contributed by atoms with Crippen molar-refractivity contribution < 1.29 is 14.6 Å². The molecule has 0 saturated carbocycles. The largest absolute Gasteiger partial charge is 0.505 e.